The average molecular weight is 374 g/mol. The summed E-state index contributed by atoms with van der Waals surface area (Å²) >= 11 is 0. The van der Waals surface area contributed by atoms with Gasteiger partial charge in [0.15, 0.2) is 0 Å². The number of hydrogen-bond donors (Lipinski definition) is 1. The second-order valence-electron chi connectivity index (χ2n) is 6.97. The summed E-state index contributed by atoms with van der Waals surface area (Å²) in [6, 6.07) is 15.4. The molecule has 28 heavy (non-hydrogen) atoms. The first-order valence-corrected chi connectivity index (χ1v) is 9.29. The zero-order chi connectivity index (χ0) is 19.5. The molecule has 0 saturated carbocycles. The Kier molecular flexibility index (Phi) is 4.93. The van der Waals surface area contributed by atoms with Crippen molar-refractivity contribution < 1.29 is 9.53 Å². The van der Waals surface area contributed by atoms with Gasteiger partial charge in [-0.1, -0.05) is 36.4 Å². The maximum absolute atomic E-state index is 12.1. The molecule has 142 valence electrons. The number of pyridine rings is 2. The SMILES string of the molecule is Cc1ccc(O[C@@H]2CCN(c3cnc(-c4ccccc4)cc3C(N)=O)C2)nc1. The predicted molar refractivity (Wildman–Crippen MR) is 108 cm³/mol. The Morgan fingerprint density at radius 2 is 1.96 bits per heavy atom. The molecule has 4 rings (SSSR count). The molecule has 1 saturated heterocycles. The minimum absolute atomic E-state index is 0.00438. The van der Waals surface area contributed by atoms with Crippen LogP contribution in [0.5, 0.6) is 5.88 Å². The Labute approximate surface area is 164 Å². The fourth-order valence-electron chi connectivity index (χ4n) is 3.40. The molecule has 3 heterocycles. The normalized spacial score (nSPS) is 16.2. The molecule has 3 aromatic rings. The smallest absolute Gasteiger partial charge is 0.250 e. The Hall–Kier alpha value is -3.41. The van der Waals surface area contributed by atoms with E-state index in [2.05, 4.69) is 14.9 Å². The van der Waals surface area contributed by atoms with Crippen LogP contribution < -0.4 is 15.4 Å². The average Bonchev–Trinajstić information content (AvgIpc) is 3.18. The summed E-state index contributed by atoms with van der Waals surface area (Å²) in [6.45, 7) is 3.41. The van der Waals surface area contributed by atoms with Gasteiger partial charge in [-0.15, -0.1) is 0 Å². The van der Waals surface area contributed by atoms with E-state index in [9.17, 15) is 4.79 Å². The van der Waals surface area contributed by atoms with Gasteiger partial charge in [-0.25, -0.2) is 4.98 Å². The molecule has 1 aromatic carbocycles. The number of nitrogens with two attached hydrogens (primary N) is 1. The van der Waals surface area contributed by atoms with Crippen molar-refractivity contribution in [3.8, 4) is 17.1 Å². The second kappa shape index (κ2) is 7.68. The van der Waals surface area contributed by atoms with E-state index in [1.807, 2.05) is 49.4 Å². The fraction of sp³-hybridized carbons (Fsp3) is 0.227. The lowest BCUT2D eigenvalue weighted by molar-refractivity contribution is 0.100. The Morgan fingerprint density at radius 3 is 2.68 bits per heavy atom. The van der Waals surface area contributed by atoms with Crippen LogP contribution in [-0.2, 0) is 0 Å². The lowest BCUT2D eigenvalue weighted by Gasteiger charge is -2.21. The van der Waals surface area contributed by atoms with Crippen LogP contribution in [0.25, 0.3) is 11.3 Å². The highest BCUT2D eigenvalue weighted by Gasteiger charge is 2.27. The van der Waals surface area contributed by atoms with Crippen molar-refractivity contribution in [3.05, 3.63) is 72.1 Å². The minimum atomic E-state index is -0.459. The van der Waals surface area contributed by atoms with Crippen molar-refractivity contribution in [1.82, 2.24) is 9.97 Å². The molecule has 0 aliphatic carbocycles. The van der Waals surface area contributed by atoms with Crippen LogP contribution >= 0.6 is 0 Å². The van der Waals surface area contributed by atoms with Crippen LogP contribution in [0.4, 0.5) is 5.69 Å². The summed E-state index contributed by atoms with van der Waals surface area (Å²) in [6.07, 6.45) is 4.37. The van der Waals surface area contributed by atoms with Gasteiger partial charge >= 0.3 is 0 Å². The van der Waals surface area contributed by atoms with Crippen molar-refractivity contribution in [2.75, 3.05) is 18.0 Å². The van der Waals surface area contributed by atoms with Crippen molar-refractivity contribution in [2.24, 2.45) is 5.73 Å². The summed E-state index contributed by atoms with van der Waals surface area (Å²) in [5.74, 6) is 0.157. The van der Waals surface area contributed by atoms with Crippen molar-refractivity contribution in [1.29, 1.82) is 0 Å². The first-order valence-electron chi connectivity index (χ1n) is 9.29. The molecule has 1 aliphatic heterocycles. The molecule has 0 bridgehead atoms. The van der Waals surface area contributed by atoms with Crippen LogP contribution in [0.2, 0.25) is 0 Å². The van der Waals surface area contributed by atoms with Crippen molar-refractivity contribution in [2.45, 2.75) is 19.4 Å². The number of anilines is 1. The van der Waals surface area contributed by atoms with Gasteiger partial charge in [0.1, 0.15) is 6.10 Å². The highest BCUT2D eigenvalue weighted by molar-refractivity contribution is 5.99. The zero-order valence-corrected chi connectivity index (χ0v) is 15.7. The monoisotopic (exact) mass is 374 g/mol. The summed E-state index contributed by atoms with van der Waals surface area (Å²) in [5.41, 5.74) is 9.66. The maximum atomic E-state index is 12.1. The van der Waals surface area contributed by atoms with E-state index in [0.29, 0.717) is 18.0 Å². The first kappa shape index (κ1) is 18.0. The molecule has 1 aliphatic rings. The molecule has 2 aromatic heterocycles. The minimum Gasteiger partial charge on any atom is -0.472 e. The van der Waals surface area contributed by atoms with Gasteiger partial charge < -0.3 is 15.4 Å². The highest BCUT2D eigenvalue weighted by Crippen LogP contribution is 2.28. The van der Waals surface area contributed by atoms with E-state index in [1.54, 1.807) is 18.5 Å². The highest BCUT2D eigenvalue weighted by atomic mass is 16.5. The topological polar surface area (TPSA) is 81.3 Å². The fourth-order valence-corrected chi connectivity index (χ4v) is 3.40. The van der Waals surface area contributed by atoms with Gasteiger partial charge in [-0.2, -0.15) is 0 Å². The van der Waals surface area contributed by atoms with Crippen LogP contribution in [0.3, 0.4) is 0 Å². The molecule has 0 spiro atoms. The summed E-state index contributed by atoms with van der Waals surface area (Å²) in [5, 5.41) is 0. The number of benzene rings is 1. The number of carbonyl (C=O) groups is 1. The van der Waals surface area contributed by atoms with Crippen LogP contribution in [-0.4, -0.2) is 35.1 Å². The maximum Gasteiger partial charge on any atom is 0.250 e. The number of ether oxygens (including phenoxy) is 1. The molecule has 1 amide bonds. The third kappa shape index (κ3) is 3.81. The largest absolute Gasteiger partial charge is 0.472 e. The molecule has 1 atom stereocenters. The molecule has 6 nitrogen and oxygen atoms in total. The van der Waals surface area contributed by atoms with Gasteiger partial charge in [-0.3, -0.25) is 9.78 Å². The van der Waals surface area contributed by atoms with Gasteiger partial charge in [0.05, 0.1) is 29.7 Å². The number of amides is 1. The van der Waals surface area contributed by atoms with Gasteiger partial charge in [-0.05, 0) is 18.6 Å². The number of primary amides is 1. The predicted octanol–water partition coefficient (Wildman–Crippen LogP) is 3.21. The van der Waals surface area contributed by atoms with Crippen LogP contribution in [0, 0.1) is 6.92 Å². The Balaban J connectivity index is 1.54. The van der Waals surface area contributed by atoms with E-state index in [1.165, 1.54) is 0 Å². The standard InChI is InChI=1S/C22H22N4O2/c1-15-7-8-21(25-12-15)28-17-9-10-26(14-17)20-13-24-19(11-18(20)22(23)27)16-5-3-2-4-6-16/h2-8,11-13,17H,9-10,14H2,1H3,(H2,23,27)/t17-/m1/s1. The molecule has 2 N–H and O–H groups in total. The number of nitrogens with zero attached hydrogens (tertiary/aromatic N) is 3. The summed E-state index contributed by atoms with van der Waals surface area (Å²) in [7, 11) is 0. The van der Waals surface area contributed by atoms with E-state index >= 15 is 0 Å². The number of aryl methyl sites for hydroxylation is 1. The quantitative estimate of drug-likeness (QED) is 0.742. The molecule has 0 unspecified atom stereocenters. The third-order valence-electron chi connectivity index (χ3n) is 4.88. The van der Waals surface area contributed by atoms with E-state index in [4.69, 9.17) is 10.5 Å². The summed E-state index contributed by atoms with van der Waals surface area (Å²) < 4.78 is 5.99. The molecule has 6 heteroatoms. The van der Waals surface area contributed by atoms with Gasteiger partial charge in [0.2, 0.25) is 5.88 Å². The third-order valence-corrected chi connectivity index (χ3v) is 4.88. The number of hydrogen-bond acceptors (Lipinski definition) is 5. The van der Waals surface area contributed by atoms with E-state index < -0.39 is 5.91 Å². The lowest BCUT2D eigenvalue weighted by atomic mass is 10.1. The van der Waals surface area contributed by atoms with E-state index in [-0.39, 0.29) is 6.10 Å². The number of rotatable bonds is 5. The number of carbonyl (C=O) groups excluding carboxylic acids is 1. The second-order valence-corrected chi connectivity index (χ2v) is 6.97. The Morgan fingerprint density at radius 1 is 1.14 bits per heavy atom. The lowest BCUT2D eigenvalue weighted by Crippen LogP contribution is -2.27. The molecule has 1 fully saturated rings. The van der Waals surface area contributed by atoms with E-state index in [0.717, 1.165) is 35.5 Å². The molecule has 0 radical (unpaired) electrons. The molecular formula is C22H22N4O2. The number of aromatic nitrogens is 2. The Bertz CT molecular complexity index is 974. The zero-order valence-electron chi connectivity index (χ0n) is 15.7. The van der Waals surface area contributed by atoms with Crippen molar-refractivity contribution in [3.63, 3.8) is 0 Å². The van der Waals surface area contributed by atoms with Crippen LogP contribution in [0.15, 0.2) is 60.9 Å². The van der Waals surface area contributed by atoms with Gasteiger partial charge in [0, 0.05) is 30.8 Å². The first-order chi connectivity index (χ1) is 13.6. The van der Waals surface area contributed by atoms with Gasteiger partial charge in [0.25, 0.3) is 5.91 Å². The van der Waals surface area contributed by atoms with Crippen molar-refractivity contribution >= 4 is 11.6 Å². The molecular weight excluding hydrogens is 352 g/mol. The van der Waals surface area contributed by atoms with Crippen LogP contribution in [0.1, 0.15) is 22.3 Å². The summed E-state index contributed by atoms with van der Waals surface area (Å²) in [4.78, 5) is 23.0.